The number of thioether (sulfide) groups is 1. The second-order valence-electron chi connectivity index (χ2n) is 3.91. The molecule has 1 heterocycles. The molecule has 0 aromatic carbocycles. The van der Waals surface area contributed by atoms with Gasteiger partial charge in [-0.3, -0.25) is 0 Å². The molecule has 1 atom stereocenters. The van der Waals surface area contributed by atoms with E-state index in [0.29, 0.717) is 0 Å². The third-order valence-corrected chi connectivity index (χ3v) is 3.68. The van der Waals surface area contributed by atoms with Gasteiger partial charge < -0.3 is 10.8 Å². The predicted octanol–water partition coefficient (Wildman–Crippen LogP) is 0.982. The zero-order chi connectivity index (χ0) is 8.54. The van der Waals surface area contributed by atoms with Crippen molar-refractivity contribution in [1.29, 1.82) is 0 Å². The standard InChI is InChI=1S/C8H17NOS/c1-7(2,9)8(10)4-3-5-11-6-8/h10H,3-6,9H2,1-2H3. The van der Waals surface area contributed by atoms with Gasteiger partial charge in [-0.2, -0.15) is 11.8 Å². The number of hydrogen-bond donors (Lipinski definition) is 2. The maximum Gasteiger partial charge on any atom is 0.0910 e. The van der Waals surface area contributed by atoms with Crippen molar-refractivity contribution in [2.45, 2.75) is 37.8 Å². The summed E-state index contributed by atoms with van der Waals surface area (Å²) in [7, 11) is 0. The first-order valence-corrected chi connectivity index (χ1v) is 5.20. The highest BCUT2D eigenvalue weighted by Crippen LogP contribution is 2.33. The molecule has 1 unspecified atom stereocenters. The Hall–Kier alpha value is 0.270. The van der Waals surface area contributed by atoms with Gasteiger partial charge in [-0.05, 0) is 32.4 Å². The van der Waals surface area contributed by atoms with Gasteiger partial charge in [-0.15, -0.1) is 0 Å². The summed E-state index contributed by atoms with van der Waals surface area (Å²) < 4.78 is 0. The lowest BCUT2D eigenvalue weighted by Crippen LogP contribution is -2.59. The minimum atomic E-state index is -0.643. The Kier molecular flexibility index (Phi) is 2.52. The van der Waals surface area contributed by atoms with E-state index in [4.69, 9.17) is 5.73 Å². The number of rotatable bonds is 1. The van der Waals surface area contributed by atoms with Crippen molar-refractivity contribution in [2.75, 3.05) is 11.5 Å². The fourth-order valence-corrected chi connectivity index (χ4v) is 2.63. The van der Waals surface area contributed by atoms with Crippen molar-refractivity contribution in [3.05, 3.63) is 0 Å². The van der Waals surface area contributed by atoms with E-state index in [0.717, 1.165) is 18.6 Å². The van der Waals surface area contributed by atoms with Crippen LogP contribution in [0, 0.1) is 0 Å². The van der Waals surface area contributed by atoms with Gasteiger partial charge in [0.25, 0.3) is 0 Å². The van der Waals surface area contributed by atoms with E-state index in [-0.39, 0.29) is 0 Å². The molecule has 1 saturated heterocycles. The van der Waals surface area contributed by atoms with Crippen molar-refractivity contribution in [2.24, 2.45) is 5.73 Å². The van der Waals surface area contributed by atoms with Crippen molar-refractivity contribution in [3.63, 3.8) is 0 Å². The van der Waals surface area contributed by atoms with Gasteiger partial charge in [0.15, 0.2) is 0 Å². The van der Waals surface area contributed by atoms with E-state index in [1.54, 1.807) is 11.8 Å². The van der Waals surface area contributed by atoms with Crippen LogP contribution in [-0.4, -0.2) is 27.8 Å². The first-order valence-electron chi connectivity index (χ1n) is 4.05. The second-order valence-corrected chi connectivity index (χ2v) is 5.01. The normalized spacial score (nSPS) is 33.8. The Morgan fingerprint density at radius 2 is 2.18 bits per heavy atom. The summed E-state index contributed by atoms with van der Waals surface area (Å²) in [6.07, 6.45) is 1.94. The van der Waals surface area contributed by atoms with Gasteiger partial charge in [0, 0.05) is 11.3 Å². The summed E-state index contributed by atoms with van der Waals surface area (Å²) in [5.41, 5.74) is 4.78. The van der Waals surface area contributed by atoms with Crippen LogP contribution in [0.25, 0.3) is 0 Å². The number of hydrogen-bond acceptors (Lipinski definition) is 3. The van der Waals surface area contributed by atoms with Crippen LogP contribution in [0.4, 0.5) is 0 Å². The van der Waals surface area contributed by atoms with Gasteiger partial charge in [0.1, 0.15) is 0 Å². The lowest BCUT2D eigenvalue weighted by molar-refractivity contribution is -0.00946. The monoisotopic (exact) mass is 175 g/mol. The molecule has 11 heavy (non-hydrogen) atoms. The van der Waals surface area contributed by atoms with E-state index < -0.39 is 11.1 Å². The zero-order valence-corrected chi connectivity index (χ0v) is 8.08. The van der Waals surface area contributed by atoms with Crippen LogP contribution in [-0.2, 0) is 0 Å². The smallest absolute Gasteiger partial charge is 0.0910 e. The average Bonchev–Trinajstić information content (AvgIpc) is 1.87. The second kappa shape index (κ2) is 2.96. The number of nitrogens with two attached hydrogens (primary N) is 1. The molecule has 2 nitrogen and oxygen atoms in total. The Labute approximate surface area is 72.5 Å². The van der Waals surface area contributed by atoms with Crippen LogP contribution in [0.2, 0.25) is 0 Å². The molecule has 1 aliphatic heterocycles. The van der Waals surface area contributed by atoms with Crippen molar-refractivity contribution in [3.8, 4) is 0 Å². The average molecular weight is 175 g/mol. The molecule has 3 N–H and O–H groups in total. The quantitative estimate of drug-likeness (QED) is 0.624. The zero-order valence-electron chi connectivity index (χ0n) is 7.26. The Morgan fingerprint density at radius 1 is 1.55 bits per heavy atom. The van der Waals surface area contributed by atoms with E-state index >= 15 is 0 Å². The fraction of sp³-hybridized carbons (Fsp3) is 1.00. The van der Waals surface area contributed by atoms with Gasteiger partial charge in [-0.25, -0.2) is 0 Å². The van der Waals surface area contributed by atoms with Crippen LogP contribution in [0.5, 0.6) is 0 Å². The van der Waals surface area contributed by atoms with E-state index in [2.05, 4.69) is 0 Å². The summed E-state index contributed by atoms with van der Waals surface area (Å²) in [6, 6.07) is 0. The van der Waals surface area contributed by atoms with Crippen LogP contribution in [0.15, 0.2) is 0 Å². The van der Waals surface area contributed by atoms with Crippen LogP contribution < -0.4 is 5.73 Å². The molecule has 0 bridgehead atoms. The highest BCUT2D eigenvalue weighted by Gasteiger charge is 2.41. The van der Waals surface area contributed by atoms with Crippen molar-refractivity contribution in [1.82, 2.24) is 0 Å². The maximum absolute atomic E-state index is 10.1. The molecule has 66 valence electrons. The molecular weight excluding hydrogens is 158 g/mol. The van der Waals surface area contributed by atoms with Crippen LogP contribution in [0.3, 0.4) is 0 Å². The van der Waals surface area contributed by atoms with Gasteiger partial charge >= 0.3 is 0 Å². The largest absolute Gasteiger partial charge is 0.387 e. The molecular formula is C8H17NOS. The Bertz CT molecular complexity index is 136. The molecule has 1 rings (SSSR count). The lowest BCUT2D eigenvalue weighted by Gasteiger charge is -2.42. The molecule has 3 heteroatoms. The Balaban J connectivity index is 2.64. The van der Waals surface area contributed by atoms with Gasteiger partial charge in [0.2, 0.25) is 0 Å². The van der Waals surface area contributed by atoms with Crippen molar-refractivity contribution < 1.29 is 5.11 Å². The molecule has 0 amide bonds. The summed E-state index contributed by atoms with van der Waals surface area (Å²) in [4.78, 5) is 0. The van der Waals surface area contributed by atoms with Crippen molar-refractivity contribution >= 4 is 11.8 Å². The summed E-state index contributed by atoms with van der Waals surface area (Å²) >= 11 is 1.80. The van der Waals surface area contributed by atoms with Gasteiger partial charge in [0.05, 0.1) is 5.60 Å². The summed E-state index contributed by atoms with van der Waals surface area (Å²) in [6.45, 7) is 3.80. The first kappa shape index (κ1) is 9.36. The highest BCUT2D eigenvalue weighted by molar-refractivity contribution is 7.99. The fourth-order valence-electron chi connectivity index (χ4n) is 1.29. The van der Waals surface area contributed by atoms with E-state index in [9.17, 15) is 5.11 Å². The number of aliphatic hydroxyl groups is 1. The lowest BCUT2D eigenvalue weighted by atomic mass is 9.81. The van der Waals surface area contributed by atoms with E-state index in [1.165, 1.54) is 5.75 Å². The van der Waals surface area contributed by atoms with Crippen LogP contribution in [0.1, 0.15) is 26.7 Å². The van der Waals surface area contributed by atoms with Gasteiger partial charge in [-0.1, -0.05) is 0 Å². The minimum absolute atomic E-state index is 0.458. The third-order valence-electron chi connectivity index (χ3n) is 2.42. The summed E-state index contributed by atoms with van der Waals surface area (Å²) in [5, 5.41) is 10.1. The molecule has 0 radical (unpaired) electrons. The van der Waals surface area contributed by atoms with Crippen LogP contribution >= 0.6 is 11.8 Å². The molecule has 0 aromatic heterocycles. The highest BCUT2D eigenvalue weighted by atomic mass is 32.2. The molecule has 1 aliphatic rings. The molecule has 1 fully saturated rings. The molecule has 0 saturated carbocycles. The van der Waals surface area contributed by atoms with E-state index in [1.807, 2.05) is 13.8 Å². The topological polar surface area (TPSA) is 46.2 Å². The predicted molar refractivity (Wildman–Crippen MR) is 49.8 cm³/mol. The minimum Gasteiger partial charge on any atom is -0.387 e. The summed E-state index contributed by atoms with van der Waals surface area (Å²) in [5.74, 6) is 1.95. The third kappa shape index (κ3) is 1.89. The molecule has 0 aromatic rings. The Morgan fingerprint density at radius 3 is 2.45 bits per heavy atom. The SMILES string of the molecule is CC(C)(N)C1(O)CCCSC1. The maximum atomic E-state index is 10.1. The first-order chi connectivity index (χ1) is 4.96. The molecule has 0 aliphatic carbocycles. The molecule has 0 spiro atoms.